The van der Waals surface area contributed by atoms with Gasteiger partial charge in [0.25, 0.3) is 5.56 Å². The third-order valence-electron chi connectivity index (χ3n) is 4.98. The van der Waals surface area contributed by atoms with Gasteiger partial charge in [-0.1, -0.05) is 0 Å². The fourth-order valence-electron chi connectivity index (χ4n) is 3.31. The number of nitrogens with one attached hydrogen (secondary N) is 2. The third kappa shape index (κ3) is 4.50. The van der Waals surface area contributed by atoms with Crippen LogP contribution in [0.1, 0.15) is 25.7 Å². The molecule has 1 aromatic rings. The van der Waals surface area contributed by atoms with E-state index in [9.17, 15) is 9.59 Å². The van der Waals surface area contributed by atoms with Gasteiger partial charge in [-0.3, -0.25) is 4.79 Å². The number of nitrogens with zero attached hydrogens (tertiary/aromatic N) is 3. The maximum Gasteiger partial charge on any atom is 0.315 e. The molecule has 1 aliphatic heterocycles. The minimum Gasteiger partial charge on any atom is -0.383 e. The zero-order chi connectivity index (χ0) is 17.8. The van der Waals surface area contributed by atoms with E-state index in [4.69, 9.17) is 4.74 Å². The van der Waals surface area contributed by atoms with Crippen molar-refractivity contribution in [2.24, 2.45) is 13.0 Å². The maximum atomic E-state index is 12.2. The van der Waals surface area contributed by atoms with Gasteiger partial charge in [0.05, 0.1) is 12.6 Å². The van der Waals surface area contributed by atoms with Crippen LogP contribution in [-0.2, 0) is 11.8 Å². The second-order valence-corrected chi connectivity index (χ2v) is 6.95. The van der Waals surface area contributed by atoms with Crippen molar-refractivity contribution in [2.75, 3.05) is 31.7 Å². The maximum absolute atomic E-state index is 12.2. The van der Waals surface area contributed by atoms with Gasteiger partial charge in [0.1, 0.15) is 0 Å². The number of carbonyl (C=O) groups excluding carboxylic acids is 1. The van der Waals surface area contributed by atoms with E-state index in [0.717, 1.165) is 25.7 Å². The van der Waals surface area contributed by atoms with Gasteiger partial charge in [0.2, 0.25) is 0 Å². The number of hydrogen-bond acceptors (Lipinski definition) is 5. The molecule has 138 valence electrons. The number of carbonyl (C=O) groups is 1. The molecule has 0 radical (unpaired) electrons. The molecule has 3 rings (SSSR count). The van der Waals surface area contributed by atoms with Crippen LogP contribution >= 0.6 is 0 Å². The van der Waals surface area contributed by atoms with E-state index < -0.39 is 0 Å². The Kier molecular flexibility index (Phi) is 5.57. The Morgan fingerprint density at radius 1 is 1.36 bits per heavy atom. The number of anilines is 1. The minimum atomic E-state index is -0.124. The Bertz CT molecular complexity index is 650. The monoisotopic (exact) mass is 349 g/mol. The Balaban J connectivity index is 1.48. The molecule has 1 aromatic heterocycles. The van der Waals surface area contributed by atoms with Crippen molar-refractivity contribution in [2.45, 2.75) is 37.8 Å². The Morgan fingerprint density at radius 3 is 2.72 bits per heavy atom. The molecule has 0 aromatic carbocycles. The number of aryl methyl sites for hydroxylation is 1. The number of amides is 2. The van der Waals surface area contributed by atoms with Crippen molar-refractivity contribution >= 4 is 11.8 Å². The number of rotatable bonds is 6. The molecule has 1 saturated heterocycles. The molecule has 2 N–H and O–H groups in total. The first-order valence-corrected chi connectivity index (χ1v) is 8.91. The van der Waals surface area contributed by atoms with Crippen LogP contribution in [-0.4, -0.2) is 54.5 Å². The number of ether oxygens (including phenoxy) is 1. The van der Waals surface area contributed by atoms with Crippen LogP contribution in [0, 0.1) is 5.92 Å². The molecule has 1 aliphatic carbocycles. The second kappa shape index (κ2) is 7.86. The first-order valence-electron chi connectivity index (χ1n) is 8.91. The van der Waals surface area contributed by atoms with Gasteiger partial charge in [-0.2, -0.15) is 0 Å². The molecule has 0 unspecified atom stereocenters. The highest BCUT2D eigenvalue weighted by atomic mass is 16.5. The van der Waals surface area contributed by atoms with Crippen molar-refractivity contribution in [1.29, 1.82) is 0 Å². The minimum absolute atomic E-state index is 0.0847. The van der Waals surface area contributed by atoms with E-state index in [1.165, 1.54) is 4.57 Å². The SMILES string of the molecule is COC[C@@H](NC(=O)NC1CCN(c2nccn(C)c2=O)CC1)C1CC1. The Labute approximate surface area is 147 Å². The average Bonchev–Trinajstić information content (AvgIpc) is 3.43. The fourth-order valence-corrected chi connectivity index (χ4v) is 3.31. The van der Waals surface area contributed by atoms with Crippen molar-refractivity contribution in [3.05, 3.63) is 22.7 Å². The highest BCUT2D eigenvalue weighted by Gasteiger charge is 2.32. The van der Waals surface area contributed by atoms with E-state index in [0.29, 0.717) is 31.4 Å². The molecule has 0 bridgehead atoms. The number of piperidine rings is 1. The summed E-state index contributed by atoms with van der Waals surface area (Å²) in [5.74, 6) is 1.04. The summed E-state index contributed by atoms with van der Waals surface area (Å²) in [6.07, 6.45) is 7.21. The van der Waals surface area contributed by atoms with Gasteiger partial charge in [-0.05, 0) is 31.6 Å². The van der Waals surface area contributed by atoms with E-state index in [1.807, 2.05) is 4.90 Å². The summed E-state index contributed by atoms with van der Waals surface area (Å²) in [5.41, 5.74) is -0.0847. The van der Waals surface area contributed by atoms with Gasteiger partial charge < -0.3 is 24.8 Å². The highest BCUT2D eigenvalue weighted by Crippen LogP contribution is 2.32. The molecule has 8 heteroatoms. The number of hydrogen-bond donors (Lipinski definition) is 2. The first kappa shape index (κ1) is 17.7. The van der Waals surface area contributed by atoms with Crippen LogP contribution in [0.2, 0.25) is 0 Å². The molecular formula is C17H27N5O3. The second-order valence-electron chi connectivity index (χ2n) is 6.95. The lowest BCUT2D eigenvalue weighted by Crippen LogP contribution is -2.52. The Morgan fingerprint density at radius 2 is 2.08 bits per heavy atom. The summed E-state index contributed by atoms with van der Waals surface area (Å²) in [7, 11) is 3.38. The smallest absolute Gasteiger partial charge is 0.315 e. The van der Waals surface area contributed by atoms with Gasteiger partial charge in [-0.25, -0.2) is 9.78 Å². The Hall–Kier alpha value is -2.09. The average molecular weight is 349 g/mol. The molecule has 1 saturated carbocycles. The fraction of sp³-hybridized carbons (Fsp3) is 0.706. The van der Waals surface area contributed by atoms with E-state index in [2.05, 4.69) is 15.6 Å². The van der Waals surface area contributed by atoms with Crippen LogP contribution in [0.4, 0.5) is 10.6 Å². The van der Waals surface area contributed by atoms with Gasteiger partial charge in [0, 0.05) is 45.7 Å². The molecule has 0 spiro atoms. The topological polar surface area (TPSA) is 88.5 Å². The van der Waals surface area contributed by atoms with Crippen LogP contribution in [0.3, 0.4) is 0 Å². The van der Waals surface area contributed by atoms with E-state index in [-0.39, 0.29) is 23.7 Å². The summed E-state index contributed by atoms with van der Waals surface area (Å²) in [6.45, 7) is 1.97. The summed E-state index contributed by atoms with van der Waals surface area (Å²) in [5, 5.41) is 6.08. The normalized spacial score (nSPS) is 19.5. The highest BCUT2D eigenvalue weighted by molar-refractivity contribution is 5.74. The van der Waals surface area contributed by atoms with Crippen molar-refractivity contribution in [3.8, 4) is 0 Å². The van der Waals surface area contributed by atoms with Gasteiger partial charge in [0.15, 0.2) is 5.82 Å². The summed E-state index contributed by atoms with van der Waals surface area (Å²) >= 11 is 0. The van der Waals surface area contributed by atoms with Gasteiger partial charge in [-0.15, -0.1) is 0 Å². The van der Waals surface area contributed by atoms with Crippen LogP contribution in [0.25, 0.3) is 0 Å². The number of urea groups is 1. The van der Waals surface area contributed by atoms with Crippen LogP contribution in [0.5, 0.6) is 0 Å². The van der Waals surface area contributed by atoms with Crippen molar-refractivity contribution < 1.29 is 9.53 Å². The lowest BCUT2D eigenvalue weighted by atomic mass is 10.1. The first-order chi connectivity index (χ1) is 12.1. The van der Waals surface area contributed by atoms with Crippen molar-refractivity contribution in [1.82, 2.24) is 20.2 Å². The largest absolute Gasteiger partial charge is 0.383 e. The molecule has 2 amide bonds. The zero-order valence-electron chi connectivity index (χ0n) is 14.9. The molecule has 8 nitrogen and oxygen atoms in total. The number of methoxy groups -OCH3 is 1. The summed E-state index contributed by atoms with van der Waals surface area (Å²) in [4.78, 5) is 30.6. The molecule has 25 heavy (non-hydrogen) atoms. The van der Waals surface area contributed by atoms with E-state index in [1.54, 1.807) is 26.6 Å². The van der Waals surface area contributed by atoms with Gasteiger partial charge >= 0.3 is 6.03 Å². The molecular weight excluding hydrogens is 322 g/mol. The summed E-state index contributed by atoms with van der Waals surface area (Å²) in [6, 6.07) is 0.0917. The zero-order valence-corrected chi connectivity index (χ0v) is 14.9. The van der Waals surface area contributed by atoms with E-state index >= 15 is 0 Å². The quantitative estimate of drug-likeness (QED) is 0.780. The molecule has 2 aliphatic rings. The molecule has 2 fully saturated rings. The molecule has 1 atom stereocenters. The third-order valence-corrected chi connectivity index (χ3v) is 4.98. The number of aromatic nitrogens is 2. The van der Waals surface area contributed by atoms with Crippen LogP contribution < -0.4 is 21.1 Å². The lowest BCUT2D eigenvalue weighted by molar-refractivity contribution is 0.156. The molecule has 2 heterocycles. The standard InChI is InChI=1S/C17H27N5O3/c1-21-10-7-18-15(16(21)23)22-8-5-13(6-9-22)19-17(24)20-14(11-25-2)12-3-4-12/h7,10,12-14H,3-6,8-9,11H2,1-2H3,(H2,19,20,24)/t14-/m1/s1. The van der Waals surface area contributed by atoms with Crippen LogP contribution in [0.15, 0.2) is 17.2 Å². The summed E-state index contributed by atoms with van der Waals surface area (Å²) < 4.78 is 6.73. The lowest BCUT2D eigenvalue weighted by Gasteiger charge is -2.33. The predicted molar refractivity (Wildman–Crippen MR) is 94.8 cm³/mol. The van der Waals surface area contributed by atoms with Crippen molar-refractivity contribution in [3.63, 3.8) is 0 Å². The predicted octanol–water partition coefficient (Wildman–Crippen LogP) is 0.473.